The van der Waals surface area contributed by atoms with E-state index < -0.39 is 56.5 Å². The van der Waals surface area contributed by atoms with E-state index in [9.17, 15) is 27.9 Å². The van der Waals surface area contributed by atoms with E-state index in [4.69, 9.17) is 20.3 Å². The highest BCUT2D eigenvalue weighted by molar-refractivity contribution is 7.46. The van der Waals surface area contributed by atoms with Crippen molar-refractivity contribution < 1.29 is 47.0 Å². The van der Waals surface area contributed by atoms with Gasteiger partial charge in [-0.15, -0.1) is 0 Å². The summed E-state index contributed by atoms with van der Waals surface area (Å²) in [6.45, 7) is 0.680. The van der Waals surface area contributed by atoms with Crippen LogP contribution in [0.1, 0.15) is 51.9 Å². The van der Waals surface area contributed by atoms with Gasteiger partial charge < -0.3 is 30.5 Å². The van der Waals surface area contributed by atoms with Crippen LogP contribution in [0.3, 0.4) is 0 Å². The zero-order valence-electron chi connectivity index (χ0n) is 18.2. The summed E-state index contributed by atoms with van der Waals surface area (Å²) in [5.74, 6) is -0.473. The number of alkyl halides is 3. The third-order valence-corrected chi connectivity index (χ3v) is 5.85. The normalized spacial score (nSPS) is 23.2. The van der Waals surface area contributed by atoms with Gasteiger partial charge >= 0.3 is 14.0 Å². The second kappa shape index (κ2) is 13.2. The van der Waals surface area contributed by atoms with Crippen molar-refractivity contribution >= 4 is 7.82 Å². The molecule has 0 aromatic rings. The Morgan fingerprint density at radius 3 is 2.59 bits per heavy atom. The number of nitrogens with two attached hydrogens (primary N) is 1. The molecule has 6 N–H and O–H groups in total. The quantitative estimate of drug-likeness (QED) is 0.142. The Labute approximate surface area is 186 Å². The van der Waals surface area contributed by atoms with Crippen LogP contribution in [-0.2, 0) is 13.8 Å². The number of hydrogen-bond acceptors (Lipinski definition) is 6. The van der Waals surface area contributed by atoms with Gasteiger partial charge in [-0.3, -0.25) is 4.52 Å². The zero-order chi connectivity index (χ0) is 24.4. The van der Waals surface area contributed by atoms with Crippen molar-refractivity contribution in [3.8, 4) is 0 Å². The fraction of sp³-hybridized carbons (Fsp3) is 0.800. The maximum atomic E-state index is 13.6. The Morgan fingerprint density at radius 1 is 1.34 bits per heavy atom. The van der Waals surface area contributed by atoms with Gasteiger partial charge in [0.15, 0.2) is 0 Å². The Morgan fingerprint density at radius 2 is 2.03 bits per heavy atom. The van der Waals surface area contributed by atoms with E-state index in [1.165, 1.54) is 0 Å². The number of hydrogen-bond donors (Lipinski definition) is 5. The first-order chi connectivity index (χ1) is 14.8. The van der Waals surface area contributed by atoms with Gasteiger partial charge in [0.1, 0.15) is 0 Å². The number of allylic oxidation sites excluding steroid dienone is 2. The fourth-order valence-electron chi connectivity index (χ4n) is 3.48. The van der Waals surface area contributed by atoms with Crippen LogP contribution in [0.15, 0.2) is 23.8 Å². The van der Waals surface area contributed by atoms with E-state index in [-0.39, 0.29) is 25.9 Å². The summed E-state index contributed by atoms with van der Waals surface area (Å²) in [6, 6.07) is 0. The molecule has 0 fully saturated rings. The van der Waals surface area contributed by atoms with E-state index in [1.807, 2.05) is 19.1 Å². The molecule has 0 spiro atoms. The smallest absolute Gasteiger partial charge is 0.394 e. The highest BCUT2D eigenvalue weighted by Crippen LogP contribution is 2.40. The third kappa shape index (κ3) is 11.4. The lowest BCUT2D eigenvalue weighted by atomic mass is 9.82. The summed E-state index contributed by atoms with van der Waals surface area (Å²) >= 11 is 0. The van der Waals surface area contributed by atoms with Crippen molar-refractivity contribution in [3.05, 3.63) is 23.8 Å². The molecule has 0 aromatic carbocycles. The molecule has 0 aliphatic heterocycles. The number of phosphoric ester groups is 1. The summed E-state index contributed by atoms with van der Waals surface area (Å²) in [7, 11) is -4.78. The van der Waals surface area contributed by atoms with Crippen LogP contribution in [-0.4, -0.2) is 63.7 Å². The lowest BCUT2D eigenvalue weighted by Gasteiger charge is -2.32. The maximum Gasteiger partial charge on any atom is 0.469 e. The second-order valence-electron chi connectivity index (χ2n) is 8.24. The van der Waals surface area contributed by atoms with Crippen molar-refractivity contribution in [2.75, 3.05) is 19.8 Å². The molecule has 8 nitrogen and oxygen atoms in total. The van der Waals surface area contributed by atoms with Gasteiger partial charge in [0.05, 0.1) is 36.5 Å². The molecule has 188 valence electrons. The van der Waals surface area contributed by atoms with Gasteiger partial charge in [-0.25, -0.2) is 4.57 Å². The SMILES string of the molecule is C/C=C\CC(O)CCCOC1CCC(CCC(N)(CO)COP(=O)(O)O)C=C1C(F)(F)F. The number of ether oxygens (including phenoxy) is 1. The molecule has 1 rings (SSSR count). The molecule has 0 bridgehead atoms. The fourth-order valence-corrected chi connectivity index (χ4v) is 3.91. The molecular formula is C20H35F3NO7P. The molecule has 0 saturated heterocycles. The highest BCUT2D eigenvalue weighted by Gasteiger charge is 2.42. The molecule has 1 aliphatic carbocycles. The monoisotopic (exact) mass is 489 g/mol. The van der Waals surface area contributed by atoms with E-state index in [2.05, 4.69) is 4.52 Å². The summed E-state index contributed by atoms with van der Waals surface area (Å²) in [5, 5.41) is 19.2. The van der Waals surface area contributed by atoms with Crippen LogP contribution in [0.2, 0.25) is 0 Å². The standard InChI is InChI=1S/C20H35F3NO7P/c1-2-3-5-16(26)6-4-11-30-18-8-7-15(12-17(18)20(21,22)23)9-10-19(24,13-25)14-31-32(27,28)29/h2-3,12,15-16,18,25-26H,4-11,13-14,24H2,1H3,(H2,27,28,29)/b3-2-. The van der Waals surface area contributed by atoms with Gasteiger partial charge in [0, 0.05) is 6.61 Å². The first-order valence-corrected chi connectivity index (χ1v) is 12.1. The van der Waals surface area contributed by atoms with Crippen LogP contribution >= 0.6 is 7.82 Å². The van der Waals surface area contributed by atoms with E-state index in [0.29, 0.717) is 25.7 Å². The largest absolute Gasteiger partial charge is 0.469 e. The maximum absolute atomic E-state index is 13.6. The summed E-state index contributed by atoms with van der Waals surface area (Å²) < 4.78 is 61.4. The van der Waals surface area contributed by atoms with Crippen LogP contribution < -0.4 is 5.73 Å². The Bertz CT molecular complexity index is 668. The number of rotatable bonds is 14. The lowest BCUT2D eigenvalue weighted by Crippen LogP contribution is -2.48. The Balaban J connectivity index is 2.65. The van der Waals surface area contributed by atoms with Crippen molar-refractivity contribution in [1.82, 2.24) is 0 Å². The minimum absolute atomic E-state index is 0.0193. The highest BCUT2D eigenvalue weighted by atomic mass is 31.2. The topological polar surface area (TPSA) is 142 Å². The molecule has 1 aliphatic rings. The van der Waals surface area contributed by atoms with Crippen molar-refractivity contribution in [2.45, 2.75) is 75.8 Å². The molecular weight excluding hydrogens is 454 g/mol. The van der Waals surface area contributed by atoms with E-state index in [1.54, 1.807) is 0 Å². The minimum Gasteiger partial charge on any atom is -0.394 e. The second-order valence-corrected chi connectivity index (χ2v) is 9.48. The molecule has 0 amide bonds. The molecule has 32 heavy (non-hydrogen) atoms. The van der Waals surface area contributed by atoms with Crippen molar-refractivity contribution in [1.29, 1.82) is 0 Å². The zero-order valence-corrected chi connectivity index (χ0v) is 19.1. The first-order valence-electron chi connectivity index (χ1n) is 10.6. The molecule has 0 radical (unpaired) electrons. The van der Waals surface area contributed by atoms with Gasteiger partial charge in [0.25, 0.3) is 0 Å². The van der Waals surface area contributed by atoms with Crippen molar-refractivity contribution in [3.63, 3.8) is 0 Å². The van der Waals surface area contributed by atoms with Crippen molar-refractivity contribution in [2.24, 2.45) is 11.7 Å². The third-order valence-electron chi connectivity index (χ3n) is 5.38. The Hall–Kier alpha value is -0.780. The summed E-state index contributed by atoms with van der Waals surface area (Å²) in [4.78, 5) is 17.6. The van der Waals surface area contributed by atoms with Crippen LogP contribution in [0, 0.1) is 5.92 Å². The average Bonchev–Trinajstić information content (AvgIpc) is 2.71. The predicted octanol–water partition coefficient (Wildman–Crippen LogP) is 2.96. The number of phosphoric acid groups is 1. The predicted molar refractivity (Wildman–Crippen MR) is 113 cm³/mol. The molecule has 0 aromatic heterocycles. The van der Waals surface area contributed by atoms with Gasteiger partial charge in [-0.1, -0.05) is 18.2 Å². The summed E-state index contributed by atoms with van der Waals surface area (Å²) in [5.41, 5.74) is 3.65. The van der Waals surface area contributed by atoms with Crippen LogP contribution in [0.25, 0.3) is 0 Å². The molecule has 12 heteroatoms. The molecule has 0 heterocycles. The van der Waals surface area contributed by atoms with Gasteiger partial charge in [-0.2, -0.15) is 13.2 Å². The Kier molecular flexibility index (Phi) is 12.1. The number of halogens is 3. The average molecular weight is 489 g/mol. The van der Waals surface area contributed by atoms with Crippen LogP contribution in [0.4, 0.5) is 13.2 Å². The van der Waals surface area contributed by atoms with Crippen LogP contribution in [0.5, 0.6) is 0 Å². The molecule has 0 saturated carbocycles. The molecule has 4 atom stereocenters. The first kappa shape index (κ1) is 29.3. The summed E-state index contributed by atoms with van der Waals surface area (Å²) in [6.07, 6.45) is 0.699. The van der Waals surface area contributed by atoms with Gasteiger partial charge in [-0.05, 0) is 57.8 Å². The molecule has 4 unspecified atom stereocenters. The van der Waals surface area contributed by atoms with E-state index in [0.717, 1.165) is 6.08 Å². The van der Waals surface area contributed by atoms with Gasteiger partial charge in [0.2, 0.25) is 0 Å². The van der Waals surface area contributed by atoms with E-state index >= 15 is 0 Å². The number of aliphatic hydroxyl groups is 2. The minimum atomic E-state index is -4.78. The number of aliphatic hydroxyl groups excluding tert-OH is 2. The lowest BCUT2D eigenvalue weighted by molar-refractivity contribution is -0.115.